The fourth-order valence-corrected chi connectivity index (χ4v) is 7.64. The first-order valence-corrected chi connectivity index (χ1v) is 21.8. The third-order valence-corrected chi connectivity index (χ3v) is 11.4. The summed E-state index contributed by atoms with van der Waals surface area (Å²) in [5, 5.41) is -0.666. The average Bonchev–Trinajstić information content (AvgIpc) is 3.13. The van der Waals surface area contributed by atoms with Crippen LogP contribution in [-0.4, -0.2) is 81.8 Å². The van der Waals surface area contributed by atoms with E-state index in [2.05, 4.69) is 39.9 Å². The molecule has 0 atom stereocenters. The molecule has 0 aliphatic rings. The smallest absolute Gasteiger partial charge is 0.744 e. The van der Waals surface area contributed by atoms with Crippen LogP contribution in [0.3, 0.4) is 0 Å². The molecule has 0 unspecified atom stereocenters. The number of rotatable bonds is 10. The van der Waals surface area contributed by atoms with Gasteiger partial charge in [-0.3, -0.25) is 0 Å². The van der Waals surface area contributed by atoms with E-state index in [0.717, 1.165) is 48.6 Å². The van der Waals surface area contributed by atoms with Crippen LogP contribution >= 0.6 is 23.2 Å². The number of hydrogen-bond acceptors (Lipinski definition) is 18. The number of nitrogens with zero attached hydrogens (tertiary/aromatic N) is 6. The second-order valence-corrected chi connectivity index (χ2v) is 17.6. The topological polar surface area (TPSA) is 337 Å². The molecule has 0 saturated carbocycles. The molecule has 62 heavy (non-hydrogen) atoms. The van der Waals surface area contributed by atoms with E-state index in [4.69, 9.17) is 23.2 Å². The summed E-state index contributed by atoms with van der Waals surface area (Å²) in [4.78, 5) is 26.9. The molecular weight excluding hydrogens is 980 g/mol. The summed E-state index contributed by atoms with van der Waals surface area (Å²) in [5.41, 5.74) is -0.617. The number of H-pyrrole nitrogens is 2. The second-order valence-electron chi connectivity index (χ2n) is 11.4. The van der Waals surface area contributed by atoms with Crippen molar-refractivity contribution in [1.82, 2.24) is 29.9 Å². The van der Waals surface area contributed by atoms with Crippen molar-refractivity contribution in [2.45, 2.75) is 19.6 Å². The number of hydrogen-bond donors (Lipinski definition) is 2. The van der Waals surface area contributed by atoms with Crippen molar-refractivity contribution in [2.24, 2.45) is 9.98 Å². The van der Waals surface area contributed by atoms with Gasteiger partial charge >= 0.3 is 118 Å². The number of halogens is 2. The zero-order valence-corrected chi connectivity index (χ0v) is 45.0. The third kappa shape index (κ3) is 15.0. The van der Waals surface area contributed by atoms with Gasteiger partial charge < -0.3 is 28.2 Å². The average molecular weight is 998 g/mol. The second kappa shape index (κ2) is 22.8. The van der Waals surface area contributed by atoms with E-state index in [9.17, 15) is 51.9 Å². The number of aromatic nitrogens is 6. The molecule has 0 bridgehead atoms. The molecule has 2 N–H and O–H groups in total. The van der Waals surface area contributed by atoms with Crippen LogP contribution in [0.2, 0.25) is 10.6 Å². The van der Waals surface area contributed by atoms with E-state index in [-0.39, 0.29) is 185 Å². The Labute approximate surface area is 451 Å². The van der Waals surface area contributed by atoms with Crippen molar-refractivity contribution in [1.29, 1.82) is 0 Å². The Kier molecular flexibility index (Phi) is 20.8. The maximum atomic E-state index is 12.3. The SMILES string of the molecule is O=S(=O)([O-])c1ccc(-c2nc(Cl)nc(=Nc3ccc(/C=C/c4ccc(N=c5nc(Cl)nc(-c6ccc(S(=O)(=O)[O-])cc6)[nH]5)cc4S(=O)(=O)[O-])c(S(=O)(=O)[O-])c3)[nH]2)cc1.[Na+].[Na+].[Na+].[Na+]. The first kappa shape index (κ1) is 56.6. The fraction of sp³-hybridized carbons (Fsp3) is 0. The Hall–Kier alpha value is -1.54. The molecule has 4 aromatic carbocycles. The number of nitrogens with one attached hydrogen (secondary N) is 2. The molecule has 0 fully saturated rings. The molecule has 0 saturated heterocycles. The Bertz CT molecular complexity index is 3050. The first-order valence-electron chi connectivity index (χ1n) is 15.4. The molecule has 0 radical (unpaired) electrons. The Morgan fingerprint density at radius 2 is 0.790 bits per heavy atom. The molecule has 6 rings (SSSR count). The van der Waals surface area contributed by atoms with E-state index in [1.807, 2.05) is 0 Å². The van der Waals surface area contributed by atoms with Gasteiger partial charge in [0.05, 0.1) is 31.0 Å². The van der Waals surface area contributed by atoms with Crippen molar-refractivity contribution in [3.05, 3.63) is 118 Å². The standard InChI is InChI=1S/C32H22Cl2N8O12S4.4Na/c33-29-37-27(19-5-11-23(12-6-19)55(43,44)45)39-31(41-29)35-21-9-3-17(25(15-21)57(49,50)51)1-2-18-4-10-22(16-26(18)58(52,53)54)36-32-40-28(38-30(34)42-32)20-7-13-24(14-8-20)56(46,47)48;;;;/h1-16H,(H,43,44,45)(H,46,47,48)(H,49,50,51)(H,52,53,54)(H,35,37,39,41)(H,36,38,40,42);;;;/q;4*+1/p-4/b2-1+;;;;. The molecule has 300 valence electrons. The summed E-state index contributed by atoms with van der Waals surface area (Å²) < 4.78 is 142. The van der Waals surface area contributed by atoms with Crippen LogP contribution in [0.25, 0.3) is 34.9 Å². The molecule has 2 heterocycles. The molecule has 0 aliphatic carbocycles. The van der Waals surface area contributed by atoms with Crippen molar-refractivity contribution >= 4 is 87.2 Å². The summed E-state index contributed by atoms with van der Waals surface area (Å²) in [6, 6.07) is 15.9. The van der Waals surface area contributed by atoms with Crippen molar-refractivity contribution in [3.63, 3.8) is 0 Å². The molecule has 6 aromatic rings. The van der Waals surface area contributed by atoms with Gasteiger partial charge in [-0.15, -0.1) is 0 Å². The van der Waals surface area contributed by atoms with Gasteiger partial charge in [0.2, 0.25) is 21.8 Å². The molecule has 20 nitrogen and oxygen atoms in total. The van der Waals surface area contributed by atoms with E-state index < -0.39 is 60.1 Å². The van der Waals surface area contributed by atoms with Gasteiger partial charge in [-0.1, -0.05) is 48.6 Å². The maximum Gasteiger partial charge on any atom is 1.00 e. The van der Waals surface area contributed by atoms with E-state index >= 15 is 0 Å². The number of benzene rings is 4. The Morgan fingerprint density at radius 3 is 1.08 bits per heavy atom. The Balaban J connectivity index is 0.00000331. The molecular formula is C32H18Cl2N8Na4O12S4. The van der Waals surface area contributed by atoms with Gasteiger partial charge in [-0.2, -0.15) is 19.9 Å². The first-order chi connectivity index (χ1) is 27.0. The molecule has 2 aromatic heterocycles. The third-order valence-electron chi connectivity index (χ3n) is 7.54. The van der Waals surface area contributed by atoms with Crippen LogP contribution in [0.5, 0.6) is 0 Å². The van der Waals surface area contributed by atoms with Crippen LogP contribution in [-0.2, 0) is 40.5 Å². The zero-order chi connectivity index (χ0) is 42.2. The van der Waals surface area contributed by atoms with E-state index in [1.54, 1.807) is 0 Å². The zero-order valence-electron chi connectivity index (χ0n) is 32.2. The summed E-state index contributed by atoms with van der Waals surface area (Å²) in [6.45, 7) is 0. The molecule has 0 aliphatic heterocycles. The molecule has 0 spiro atoms. The largest absolute Gasteiger partial charge is 1.00 e. The van der Waals surface area contributed by atoms with Crippen LogP contribution < -0.4 is 129 Å². The van der Waals surface area contributed by atoms with Crippen molar-refractivity contribution in [2.75, 3.05) is 0 Å². The van der Waals surface area contributed by atoms with Crippen molar-refractivity contribution in [3.8, 4) is 22.8 Å². The minimum absolute atomic E-state index is 0. The quantitative estimate of drug-likeness (QED) is 0.0731. The van der Waals surface area contributed by atoms with E-state index in [1.165, 1.54) is 48.5 Å². The van der Waals surface area contributed by atoms with Crippen LogP contribution in [0.4, 0.5) is 11.4 Å². The summed E-state index contributed by atoms with van der Waals surface area (Å²) in [6.07, 6.45) is 2.14. The van der Waals surface area contributed by atoms with Gasteiger partial charge in [0.1, 0.15) is 52.1 Å². The number of aromatic amines is 2. The van der Waals surface area contributed by atoms with Crippen LogP contribution in [0.15, 0.2) is 114 Å². The minimum atomic E-state index is -5.21. The van der Waals surface area contributed by atoms with Gasteiger partial charge in [0, 0.05) is 11.1 Å². The molecule has 30 heteroatoms. The van der Waals surface area contributed by atoms with Gasteiger partial charge in [0.15, 0.2) is 0 Å². The van der Waals surface area contributed by atoms with Crippen LogP contribution in [0.1, 0.15) is 11.1 Å². The van der Waals surface area contributed by atoms with Gasteiger partial charge in [-0.05, 0) is 82.9 Å². The van der Waals surface area contributed by atoms with Gasteiger partial charge in [-0.25, -0.2) is 43.7 Å². The summed E-state index contributed by atoms with van der Waals surface area (Å²) >= 11 is 12.1. The predicted molar refractivity (Wildman–Crippen MR) is 198 cm³/mol. The fourth-order valence-electron chi connectivity index (χ4n) is 4.99. The maximum absolute atomic E-state index is 12.3. The summed E-state index contributed by atoms with van der Waals surface area (Å²) in [7, 11) is -19.9. The predicted octanol–water partition coefficient (Wildman–Crippen LogP) is -9.17. The van der Waals surface area contributed by atoms with Crippen LogP contribution in [0, 0.1) is 0 Å². The molecule has 0 amide bonds. The van der Waals surface area contributed by atoms with Gasteiger partial charge in [0.25, 0.3) is 0 Å². The minimum Gasteiger partial charge on any atom is -0.744 e. The Morgan fingerprint density at radius 1 is 0.468 bits per heavy atom. The normalized spacial score (nSPS) is 12.5. The van der Waals surface area contributed by atoms with Crippen molar-refractivity contribution < 1.29 is 170 Å². The van der Waals surface area contributed by atoms with E-state index in [0.29, 0.717) is 0 Å². The monoisotopic (exact) mass is 996 g/mol. The summed E-state index contributed by atoms with van der Waals surface area (Å²) in [5.74, 6) is 0.0573.